The van der Waals surface area contributed by atoms with Crippen molar-refractivity contribution in [2.75, 3.05) is 12.3 Å². The second-order valence-corrected chi connectivity index (χ2v) is 7.84. The Hall–Kier alpha value is -3.14. The molecule has 0 N–H and O–H groups in total. The number of rotatable bonds is 4. The van der Waals surface area contributed by atoms with Gasteiger partial charge in [0, 0.05) is 13.0 Å². The molecular weight excluding hydrogens is 431 g/mol. The van der Waals surface area contributed by atoms with E-state index >= 15 is 0 Å². The third-order valence-corrected chi connectivity index (χ3v) is 5.82. The van der Waals surface area contributed by atoms with Crippen LogP contribution >= 0.6 is 11.8 Å². The van der Waals surface area contributed by atoms with E-state index in [0.717, 1.165) is 27.3 Å². The van der Waals surface area contributed by atoms with Gasteiger partial charge in [-0.2, -0.15) is 13.2 Å². The summed E-state index contributed by atoms with van der Waals surface area (Å²) >= 11 is 0.828. The van der Waals surface area contributed by atoms with Crippen molar-refractivity contribution in [2.24, 2.45) is 0 Å². The van der Waals surface area contributed by atoms with E-state index in [1.807, 2.05) is 0 Å². The molecule has 31 heavy (non-hydrogen) atoms. The second kappa shape index (κ2) is 8.18. The number of halogens is 3. The van der Waals surface area contributed by atoms with Crippen molar-refractivity contribution in [3.8, 4) is 5.69 Å². The summed E-state index contributed by atoms with van der Waals surface area (Å²) in [6.07, 6.45) is -3.83. The fraction of sp³-hybridized carbons (Fsp3) is 0.238. The van der Waals surface area contributed by atoms with Gasteiger partial charge >= 0.3 is 6.18 Å². The molecule has 2 aromatic carbocycles. The van der Waals surface area contributed by atoms with Gasteiger partial charge in [0.25, 0.3) is 5.56 Å². The Morgan fingerprint density at radius 1 is 1.06 bits per heavy atom. The van der Waals surface area contributed by atoms with E-state index in [2.05, 4.69) is 4.98 Å². The van der Waals surface area contributed by atoms with Gasteiger partial charge in [-0.3, -0.25) is 23.9 Å². The van der Waals surface area contributed by atoms with Crippen LogP contribution in [0, 0.1) is 0 Å². The van der Waals surface area contributed by atoms with Crippen molar-refractivity contribution in [1.82, 2.24) is 14.5 Å². The molecule has 10 heteroatoms. The van der Waals surface area contributed by atoms with Gasteiger partial charge in [-0.25, -0.2) is 4.98 Å². The predicted molar refractivity (Wildman–Crippen MR) is 109 cm³/mol. The number of aromatic nitrogens is 2. The average Bonchev–Trinajstić information content (AvgIpc) is 3.17. The van der Waals surface area contributed by atoms with Gasteiger partial charge in [-0.15, -0.1) is 0 Å². The Morgan fingerprint density at radius 2 is 1.77 bits per heavy atom. The summed E-state index contributed by atoms with van der Waals surface area (Å²) in [7, 11) is 0. The Morgan fingerprint density at radius 3 is 2.48 bits per heavy atom. The minimum Gasteiger partial charge on any atom is -0.282 e. The third kappa shape index (κ3) is 4.07. The molecule has 0 radical (unpaired) electrons. The van der Waals surface area contributed by atoms with Gasteiger partial charge in [0.2, 0.25) is 11.8 Å². The number of hydrogen-bond acceptors (Lipinski definition) is 5. The van der Waals surface area contributed by atoms with Crippen molar-refractivity contribution >= 4 is 34.5 Å². The van der Waals surface area contributed by atoms with Crippen LogP contribution in [-0.4, -0.2) is 38.6 Å². The Bertz CT molecular complexity index is 1240. The molecule has 0 unspecified atom stereocenters. The average molecular weight is 447 g/mol. The number of benzene rings is 2. The number of fused-ring (bicyclic) bond motifs is 1. The highest BCUT2D eigenvalue weighted by Gasteiger charge is 2.35. The first-order valence-corrected chi connectivity index (χ1v) is 10.4. The van der Waals surface area contributed by atoms with Gasteiger partial charge in [-0.1, -0.05) is 36.0 Å². The topological polar surface area (TPSA) is 72.3 Å². The Balaban J connectivity index is 1.83. The van der Waals surface area contributed by atoms with Crippen molar-refractivity contribution < 1.29 is 22.8 Å². The summed E-state index contributed by atoms with van der Waals surface area (Å²) in [5.74, 6) is -0.979. The third-order valence-electron chi connectivity index (χ3n) is 4.89. The molecule has 6 nitrogen and oxygen atoms in total. The smallest absolute Gasteiger partial charge is 0.282 e. The summed E-state index contributed by atoms with van der Waals surface area (Å²) in [6.45, 7) is 0.313. The van der Waals surface area contributed by atoms with Crippen LogP contribution in [0.3, 0.4) is 0 Å². The maximum Gasteiger partial charge on any atom is 0.418 e. The maximum atomic E-state index is 13.6. The van der Waals surface area contributed by atoms with Crippen LogP contribution in [0.1, 0.15) is 18.4 Å². The molecule has 2 heterocycles. The van der Waals surface area contributed by atoms with Crippen LogP contribution in [0.2, 0.25) is 0 Å². The molecule has 3 aromatic rings. The lowest BCUT2D eigenvalue weighted by molar-refractivity contribution is -0.140. The summed E-state index contributed by atoms with van der Waals surface area (Å²) in [5, 5.41) is 0.102. The number of carbonyl (C=O) groups is 2. The summed E-state index contributed by atoms with van der Waals surface area (Å²) in [4.78, 5) is 42.9. The highest BCUT2D eigenvalue weighted by atomic mass is 32.2. The normalized spacial score (nSPS) is 14.4. The molecule has 1 aliphatic heterocycles. The number of likely N-dealkylation sites (tertiary alicyclic amines) is 1. The summed E-state index contributed by atoms with van der Waals surface area (Å²) in [6, 6.07) is 11.0. The van der Waals surface area contributed by atoms with Crippen LogP contribution in [0.15, 0.2) is 58.5 Å². The maximum absolute atomic E-state index is 13.6. The number of thioether (sulfide) groups is 1. The van der Waals surface area contributed by atoms with E-state index in [9.17, 15) is 27.6 Å². The largest absolute Gasteiger partial charge is 0.418 e. The van der Waals surface area contributed by atoms with Crippen molar-refractivity contribution in [3.05, 3.63) is 64.4 Å². The molecule has 0 spiro atoms. The first-order chi connectivity index (χ1) is 14.8. The van der Waals surface area contributed by atoms with Crippen LogP contribution in [0.25, 0.3) is 16.6 Å². The van der Waals surface area contributed by atoms with Crippen LogP contribution in [0.4, 0.5) is 13.2 Å². The van der Waals surface area contributed by atoms with Crippen molar-refractivity contribution in [3.63, 3.8) is 0 Å². The molecule has 1 fully saturated rings. The molecule has 0 bridgehead atoms. The van der Waals surface area contributed by atoms with E-state index in [0.29, 0.717) is 18.5 Å². The number of imide groups is 1. The Kier molecular flexibility index (Phi) is 5.57. The highest BCUT2D eigenvalue weighted by Crippen LogP contribution is 2.34. The number of hydrogen-bond donors (Lipinski definition) is 0. The number of para-hydroxylation sites is 2. The van der Waals surface area contributed by atoms with Crippen LogP contribution in [0.5, 0.6) is 0 Å². The lowest BCUT2D eigenvalue weighted by Gasteiger charge is -2.18. The number of amides is 2. The fourth-order valence-corrected chi connectivity index (χ4v) is 4.33. The van der Waals surface area contributed by atoms with E-state index in [4.69, 9.17) is 0 Å². The van der Waals surface area contributed by atoms with E-state index in [-0.39, 0.29) is 34.3 Å². The lowest BCUT2D eigenvalue weighted by Crippen LogP contribution is -2.33. The van der Waals surface area contributed by atoms with Crippen molar-refractivity contribution in [2.45, 2.75) is 24.2 Å². The second-order valence-electron chi connectivity index (χ2n) is 6.90. The van der Waals surface area contributed by atoms with Crippen LogP contribution in [-0.2, 0) is 15.8 Å². The predicted octanol–water partition coefficient (Wildman–Crippen LogP) is 3.65. The molecule has 1 aromatic heterocycles. The zero-order chi connectivity index (χ0) is 22.2. The lowest BCUT2D eigenvalue weighted by atomic mass is 10.1. The minimum absolute atomic E-state index is 0.0552. The molecule has 160 valence electrons. The Labute approximate surface area is 178 Å². The van der Waals surface area contributed by atoms with E-state index in [1.165, 1.54) is 24.3 Å². The van der Waals surface area contributed by atoms with E-state index < -0.39 is 23.2 Å². The standard InChI is InChI=1S/C21H16F3N3O3S/c22-21(23,24)14-7-2-4-9-16(14)27-19(30)13-6-1-3-8-15(13)25-20(27)31-12-18(29)26-11-5-10-17(26)28/h1-4,6-9H,5,10-12H2. The SMILES string of the molecule is O=C1CCCN1C(=O)CSc1nc2ccccc2c(=O)n1-c1ccccc1C(F)(F)F. The molecular formula is C21H16F3N3O3S. The molecule has 0 aliphatic carbocycles. The zero-order valence-corrected chi connectivity index (χ0v) is 16.9. The molecule has 2 amide bonds. The monoisotopic (exact) mass is 447 g/mol. The molecule has 0 atom stereocenters. The first-order valence-electron chi connectivity index (χ1n) is 9.42. The molecule has 4 rings (SSSR count). The van der Waals surface area contributed by atoms with Gasteiger partial charge in [0.1, 0.15) is 0 Å². The number of alkyl halides is 3. The summed E-state index contributed by atoms with van der Waals surface area (Å²) < 4.78 is 41.8. The van der Waals surface area contributed by atoms with E-state index in [1.54, 1.807) is 18.2 Å². The van der Waals surface area contributed by atoms with Gasteiger partial charge in [-0.05, 0) is 30.7 Å². The van der Waals surface area contributed by atoms with Gasteiger partial charge in [0.05, 0.1) is 27.9 Å². The number of nitrogens with zero attached hydrogens (tertiary/aromatic N) is 3. The van der Waals surface area contributed by atoms with Crippen molar-refractivity contribution in [1.29, 1.82) is 0 Å². The zero-order valence-electron chi connectivity index (χ0n) is 16.1. The summed E-state index contributed by atoms with van der Waals surface area (Å²) in [5.41, 5.74) is -1.72. The first kappa shape index (κ1) is 21.1. The quantitative estimate of drug-likeness (QED) is 0.451. The number of carbonyl (C=O) groups excluding carboxylic acids is 2. The van der Waals surface area contributed by atoms with Gasteiger partial charge < -0.3 is 0 Å². The minimum atomic E-state index is -4.69. The molecule has 1 saturated heterocycles. The molecule has 1 aliphatic rings. The fourth-order valence-electron chi connectivity index (χ4n) is 3.45. The van der Waals surface area contributed by atoms with Gasteiger partial charge in [0.15, 0.2) is 5.16 Å². The highest BCUT2D eigenvalue weighted by molar-refractivity contribution is 7.99. The molecule has 0 saturated carbocycles. The van der Waals surface area contributed by atoms with Crippen LogP contribution < -0.4 is 5.56 Å².